The summed E-state index contributed by atoms with van der Waals surface area (Å²) in [5.74, 6) is 1.06. The van der Waals surface area contributed by atoms with Crippen LogP contribution in [0.2, 0.25) is 0 Å². The van der Waals surface area contributed by atoms with E-state index in [-0.39, 0.29) is 5.54 Å². The number of para-hydroxylation sites is 1. The number of nitrogens with one attached hydrogen (secondary N) is 2. The van der Waals surface area contributed by atoms with Gasteiger partial charge < -0.3 is 10.6 Å². The first kappa shape index (κ1) is 19.2. The quantitative estimate of drug-likeness (QED) is 0.588. The van der Waals surface area contributed by atoms with Crippen molar-refractivity contribution in [3.05, 3.63) is 29.3 Å². The van der Waals surface area contributed by atoms with Crippen LogP contribution in [0.1, 0.15) is 96.1 Å². The van der Waals surface area contributed by atoms with Crippen LogP contribution in [0.5, 0.6) is 0 Å². The molecule has 0 aromatic heterocycles. The Bertz CT molecular complexity index is 533. The summed E-state index contributed by atoms with van der Waals surface area (Å²) in [6, 6.07) is 6.70. The van der Waals surface area contributed by atoms with Crippen molar-refractivity contribution in [2.24, 2.45) is 0 Å². The third kappa shape index (κ3) is 4.50. The van der Waals surface area contributed by atoms with Crippen LogP contribution in [0.25, 0.3) is 0 Å². The van der Waals surface area contributed by atoms with Gasteiger partial charge in [-0.25, -0.2) is 0 Å². The molecule has 2 rings (SSSR count). The van der Waals surface area contributed by atoms with E-state index >= 15 is 0 Å². The molecule has 1 aliphatic carbocycles. The van der Waals surface area contributed by atoms with Gasteiger partial charge >= 0.3 is 0 Å². The Morgan fingerprint density at radius 1 is 1.08 bits per heavy atom. The Labute approximate surface area is 153 Å². The molecule has 2 N–H and O–H groups in total. The van der Waals surface area contributed by atoms with Gasteiger partial charge in [0.2, 0.25) is 0 Å². The lowest BCUT2D eigenvalue weighted by atomic mass is 9.89. The van der Waals surface area contributed by atoms with E-state index in [1.165, 1.54) is 42.5 Å². The first-order chi connectivity index (χ1) is 11.4. The van der Waals surface area contributed by atoms with E-state index in [1.54, 1.807) is 0 Å². The molecule has 2 atom stereocenters. The maximum atomic E-state index is 5.69. The molecule has 24 heavy (non-hydrogen) atoms. The normalized spacial score (nSPS) is 18.9. The summed E-state index contributed by atoms with van der Waals surface area (Å²) in [5, 5.41) is 7.95. The van der Waals surface area contributed by atoms with Crippen LogP contribution in [-0.4, -0.2) is 10.7 Å². The zero-order chi connectivity index (χ0) is 17.7. The number of hydrogen-bond acceptors (Lipinski definition) is 1. The molecule has 0 bridgehead atoms. The van der Waals surface area contributed by atoms with Gasteiger partial charge in [-0.15, -0.1) is 0 Å². The monoisotopic (exact) mass is 346 g/mol. The summed E-state index contributed by atoms with van der Waals surface area (Å²) in [6.07, 6.45) is 7.29. The molecule has 0 saturated heterocycles. The standard InChI is InChI=1S/C21H34N2S/c1-6-15(3)17-11-10-12-18(16(4)7-2)19(17)22-20(24)23-21(5)13-8-9-14-21/h10-12,15-16H,6-9,13-14H2,1-5H3,(H2,22,23,24). The second-order valence-corrected chi connectivity index (χ2v) is 8.19. The van der Waals surface area contributed by atoms with Gasteiger partial charge in [0.1, 0.15) is 0 Å². The lowest BCUT2D eigenvalue weighted by Crippen LogP contribution is -2.45. The first-order valence-electron chi connectivity index (χ1n) is 9.62. The molecule has 1 aromatic rings. The molecule has 2 unspecified atom stereocenters. The van der Waals surface area contributed by atoms with Crippen LogP contribution in [-0.2, 0) is 0 Å². The van der Waals surface area contributed by atoms with Crippen LogP contribution in [0.15, 0.2) is 18.2 Å². The van der Waals surface area contributed by atoms with Crippen LogP contribution in [0.3, 0.4) is 0 Å². The van der Waals surface area contributed by atoms with Gasteiger partial charge in [0, 0.05) is 11.2 Å². The molecule has 0 heterocycles. The number of hydrogen-bond donors (Lipinski definition) is 2. The van der Waals surface area contributed by atoms with E-state index in [2.05, 4.69) is 63.5 Å². The molecule has 0 spiro atoms. The van der Waals surface area contributed by atoms with E-state index < -0.39 is 0 Å². The lowest BCUT2D eigenvalue weighted by Gasteiger charge is -2.29. The SMILES string of the molecule is CCC(C)c1cccc(C(C)CC)c1NC(=S)NC1(C)CCCC1. The average molecular weight is 347 g/mol. The van der Waals surface area contributed by atoms with Gasteiger partial charge in [-0.3, -0.25) is 0 Å². The molecular weight excluding hydrogens is 312 g/mol. The first-order valence-corrected chi connectivity index (χ1v) is 10.0. The zero-order valence-electron chi connectivity index (χ0n) is 16.0. The van der Waals surface area contributed by atoms with Crippen molar-refractivity contribution < 1.29 is 0 Å². The van der Waals surface area contributed by atoms with E-state index in [9.17, 15) is 0 Å². The Kier molecular flexibility index (Phi) is 6.68. The topological polar surface area (TPSA) is 24.1 Å². The van der Waals surface area contributed by atoms with Crippen molar-refractivity contribution in [1.82, 2.24) is 5.32 Å². The summed E-state index contributed by atoms with van der Waals surface area (Å²) in [6.45, 7) is 11.4. The molecule has 1 saturated carbocycles. The van der Waals surface area contributed by atoms with Gasteiger partial charge in [0.15, 0.2) is 5.11 Å². The number of benzene rings is 1. The second-order valence-electron chi connectivity index (χ2n) is 7.78. The summed E-state index contributed by atoms with van der Waals surface area (Å²) >= 11 is 5.69. The fraction of sp³-hybridized carbons (Fsp3) is 0.667. The molecular formula is C21H34N2S. The minimum Gasteiger partial charge on any atom is -0.357 e. The van der Waals surface area contributed by atoms with Crippen LogP contribution < -0.4 is 10.6 Å². The van der Waals surface area contributed by atoms with Crippen molar-refractivity contribution in [3.8, 4) is 0 Å². The maximum Gasteiger partial charge on any atom is 0.171 e. The van der Waals surface area contributed by atoms with Crippen molar-refractivity contribution >= 4 is 23.0 Å². The molecule has 1 fully saturated rings. The highest BCUT2D eigenvalue weighted by Gasteiger charge is 2.29. The smallest absolute Gasteiger partial charge is 0.171 e. The maximum absolute atomic E-state index is 5.69. The van der Waals surface area contributed by atoms with Crippen LogP contribution >= 0.6 is 12.2 Å². The molecule has 3 heteroatoms. The summed E-state index contributed by atoms with van der Waals surface area (Å²) in [5.41, 5.74) is 4.17. The van der Waals surface area contributed by atoms with E-state index in [0.29, 0.717) is 11.8 Å². The molecule has 134 valence electrons. The largest absolute Gasteiger partial charge is 0.357 e. The van der Waals surface area contributed by atoms with Gasteiger partial charge in [0.25, 0.3) is 0 Å². The molecule has 1 aromatic carbocycles. The third-order valence-corrected chi connectivity index (χ3v) is 5.98. The van der Waals surface area contributed by atoms with Crippen LogP contribution in [0, 0.1) is 0 Å². The lowest BCUT2D eigenvalue weighted by molar-refractivity contribution is 0.434. The van der Waals surface area contributed by atoms with Crippen molar-refractivity contribution in [3.63, 3.8) is 0 Å². The third-order valence-electron chi connectivity index (χ3n) is 5.78. The molecule has 1 aliphatic rings. The molecule has 2 nitrogen and oxygen atoms in total. The Hall–Kier alpha value is -1.09. The van der Waals surface area contributed by atoms with Gasteiger partial charge in [-0.05, 0) is 67.8 Å². The fourth-order valence-electron chi connectivity index (χ4n) is 3.69. The number of rotatable bonds is 6. The number of thiocarbonyl (C=S) groups is 1. The van der Waals surface area contributed by atoms with Gasteiger partial charge in [0.05, 0.1) is 0 Å². The van der Waals surface area contributed by atoms with Gasteiger partial charge in [-0.1, -0.05) is 58.7 Å². The van der Waals surface area contributed by atoms with Crippen molar-refractivity contribution in [2.45, 2.75) is 90.5 Å². The predicted molar refractivity (Wildman–Crippen MR) is 110 cm³/mol. The number of anilines is 1. The predicted octanol–water partition coefficient (Wildman–Crippen LogP) is 6.33. The fourth-order valence-corrected chi connectivity index (χ4v) is 4.04. The van der Waals surface area contributed by atoms with E-state index in [4.69, 9.17) is 12.2 Å². The minimum atomic E-state index is 0.159. The highest BCUT2D eigenvalue weighted by molar-refractivity contribution is 7.80. The summed E-state index contributed by atoms with van der Waals surface area (Å²) in [7, 11) is 0. The molecule has 0 amide bonds. The Morgan fingerprint density at radius 3 is 2.04 bits per heavy atom. The molecule has 0 aliphatic heterocycles. The highest BCUT2D eigenvalue weighted by Crippen LogP contribution is 2.35. The molecule has 0 radical (unpaired) electrons. The minimum absolute atomic E-state index is 0.159. The van der Waals surface area contributed by atoms with E-state index in [1.807, 2.05) is 0 Å². The average Bonchev–Trinajstić information content (AvgIpc) is 2.99. The highest BCUT2D eigenvalue weighted by atomic mass is 32.1. The van der Waals surface area contributed by atoms with Crippen molar-refractivity contribution in [1.29, 1.82) is 0 Å². The van der Waals surface area contributed by atoms with Crippen LogP contribution in [0.4, 0.5) is 5.69 Å². The Morgan fingerprint density at radius 2 is 1.58 bits per heavy atom. The summed E-state index contributed by atoms with van der Waals surface area (Å²) in [4.78, 5) is 0. The van der Waals surface area contributed by atoms with E-state index in [0.717, 1.165) is 18.0 Å². The zero-order valence-corrected chi connectivity index (χ0v) is 16.9. The van der Waals surface area contributed by atoms with Crippen molar-refractivity contribution in [2.75, 3.05) is 5.32 Å². The van der Waals surface area contributed by atoms with Gasteiger partial charge in [-0.2, -0.15) is 0 Å². The summed E-state index contributed by atoms with van der Waals surface area (Å²) < 4.78 is 0. The Balaban J connectivity index is 2.27. The second kappa shape index (κ2) is 8.33.